The molecular formula is C11H17NOS. The number of rotatable bonds is 2. The molecule has 14 heavy (non-hydrogen) atoms. The van der Waals surface area contributed by atoms with Crippen LogP contribution < -0.4 is 5.73 Å². The first-order valence-electron chi connectivity index (χ1n) is 5.08. The molecule has 2 rings (SSSR count). The van der Waals surface area contributed by atoms with Gasteiger partial charge in [0.15, 0.2) is 0 Å². The van der Waals surface area contributed by atoms with Gasteiger partial charge in [-0.15, -0.1) is 11.3 Å². The molecular weight excluding hydrogens is 194 g/mol. The van der Waals surface area contributed by atoms with Crippen LogP contribution >= 0.6 is 11.3 Å². The summed E-state index contributed by atoms with van der Waals surface area (Å²) in [5.74, 6) is 0.521. The molecule has 1 aromatic heterocycles. The Bertz CT molecular complexity index is 296. The van der Waals surface area contributed by atoms with Crippen molar-refractivity contribution in [3.05, 3.63) is 21.4 Å². The number of hydrogen-bond acceptors (Lipinski definition) is 3. The third kappa shape index (κ3) is 1.85. The highest BCUT2D eigenvalue weighted by atomic mass is 32.1. The van der Waals surface area contributed by atoms with Crippen molar-refractivity contribution in [1.82, 2.24) is 0 Å². The Hall–Kier alpha value is -0.380. The van der Waals surface area contributed by atoms with Crippen molar-refractivity contribution < 1.29 is 4.74 Å². The number of hydrogen-bond donors (Lipinski definition) is 1. The van der Waals surface area contributed by atoms with E-state index >= 15 is 0 Å². The van der Waals surface area contributed by atoms with Crippen LogP contribution in [0, 0.1) is 19.8 Å². The van der Waals surface area contributed by atoms with Crippen molar-refractivity contribution in [3.8, 4) is 0 Å². The van der Waals surface area contributed by atoms with Gasteiger partial charge in [0.05, 0.1) is 6.61 Å². The van der Waals surface area contributed by atoms with Gasteiger partial charge in [-0.25, -0.2) is 0 Å². The van der Waals surface area contributed by atoms with E-state index in [0.29, 0.717) is 5.92 Å². The summed E-state index contributed by atoms with van der Waals surface area (Å²) in [5.41, 5.74) is 7.57. The predicted molar refractivity (Wildman–Crippen MR) is 59.6 cm³/mol. The molecule has 1 aromatic rings. The third-order valence-electron chi connectivity index (χ3n) is 2.99. The molecule has 2 atom stereocenters. The summed E-state index contributed by atoms with van der Waals surface area (Å²) >= 11 is 1.83. The van der Waals surface area contributed by atoms with Gasteiger partial charge in [0.2, 0.25) is 0 Å². The average Bonchev–Trinajstić information content (AvgIpc) is 2.76. The number of thiophene rings is 1. The normalized spacial score (nSPS) is 24.1. The lowest BCUT2D eigenvalue weighted by Crippen LogP contribution is -2.20. The predicted octanol–water partition coefficient (Wildman–Crippen LogP) is 2.40. The summed E-state index contributed by atoms with van der Waals surface area (Å²) in [4.78, 5) is 2.70. The van der Waals surface area contributed by atoms with E-state index in [1.54, 1.807) is 0 Å². The highest BCUT2D eigenvalue weighted by molar-refractivity contribution is 7.12. The van der Waals surface area contributed by atoms with E-state index in [1.165, 1.54) is 15.3 Å². The molecule has 2 heterocycles. The monoisotopic (exact) mass is 211 g/mol. The summed E-state index contributed by atoms with van der Waals surface area (Å²) in [6.45, 7) is 6.01. The standard InChI is InChI=1S/C11H17NOS/c1-7-5-10(14-8(7)2)11(12)9-3-4-13-6-9/h5,9,11H,3-4,6,12H2,1-2H3. The first-order valence-corrected chi connectivity index (χ1v) is 5.90. The van der Waals surface area contributed by atoms with Gasteiger partial charge < -0.3 is 10.5 Å². The summed E-state index contributed by atoms with van der Waals surface area (Å²) in [6, 6.07) is 2.40. The van der Waals surface area contributed by atoms with Crippen LogP contribution in [-0.4, -0.2) is 13.2 Å². The molecule has 2 nitrogen and oxygen atoms in total. The molecule has 1 aliphatic rings. The van der Waals surface area contributed by atoms with Crippen molar-refractivity contribution in [2.24, 2.45) is 11.7 Å². The van der Waals surface area contributed by atoms with Crippen LogP contribution in [0.5, 0.6) is 0 Å². The molecule has 1 fully saturated rings. The fourth-order valence-corrected chi connectivity index (χ4v) is 2.97. The zero-order valence-corrected chi connectivity index (χ0v) is 9.56. The molecule has 0 aromatic carbocycles. The van der Waals surface area contributed by atoms with Crippen molar-refractivity contribution in [2.45, 2.75) is 26.3 Å². The van der Waals surface area contributed by atoms with E-state index in [4.69, 9.17) is 10.5 Å². The Morgan fingerprint density at radius 2 is 2.36 bits per heavy atom. The molecule has 0 radical (unpaired) electrons. The summed E-state index contributed by atoms with van der Waals surface area (Å²) in [7, 11) is 0. The Balaban J connectivity index is 2.13. The van der Waals surface area contributed by atoms with E-state index in [-0.39, 0.29) is 6.04 Å². The molecule has 1 saturated heterocycles. The Kier molecular flexibility index (Phi) is 2.91. The first-order chi connectivity index (χ1) is 6.68. The van der Waals surface area contributed by atoms with Crippen molar-refractivity contribution >= 4 is 11.3 Å². The number of aryl methyl sites for hydroxylation is 2. The molecule has 2 N–H and O–H groups in total. The second-order valence-corrected chi connectivity index (χ2v) is 5.33. The molecule has 0 spiro atoms. The SMILES string of the molecule is Cc1cc(C(N)C2CCOC2)sc1C. The Morgan fingerprint density at radius 1 is 1.57 bits per heavy atom. The van der Waals surface area contributed by atoms with Gasteiger partial charge in [-0.1, -0.05) is 0 Å². The van der Waals surface area contributed by atoms with Crippen LogP contribution in [-0.2, 0) is 4.74 Å². The molecule has 3 heteroatoms. The minimum atomic E-state index is 0.176. The molecule has 0 aliphatic carbocycles. The van der Waals surface area contributed by atoms with E-state index in [9.17, 15) is 0 Å². The van der Waals surface area contributed by atoms with Gasteiger partial charge in [-0.05, 0) is 31.9 Å². The van der Waals surface area contributed by atoms with Gasteiger partial charge in [0.1, 0.15) is 0 Å². The Morgan fingerprint density at radius 3 is 2.86 bits per heavy atom. The minimum Gasteiger partial charge on any atom is -0.381 e. The van der Waals surface area contributed by atoms with Crippen LogP contribution in [0.25, 0.3) is 0 Å². The largest absolute Gasteiger partial charge is 0.381 e. The van der Waals surface area contributed by atoms with Gasteiger partial charge in [0, 0.05) is 28.3 Å². The summed E-state index contributed by atoms with van der Waals surface area (Å²) < 4.78 is 5.36. The highest BCUT2D eigenvalue weighted by Gasteiger charge is 2.25. The second-order valence-electron chi connectivity index (χ2n) is 4.04. The third-order valence-corrected chi connectivity index (χ3v) is 4.24. The second kappa shape index (κ2) is 4.01. The van der Waals surface area contributed by atoms with Crippen LogP contribution in [0.3, 0.4) is 0 Å². The van der Waals surface area contributed by atoms with Crippen LogP contribution in [0.2, 0.25) is 0 Å². The van der Waals surface area contributed by atoms with E-state index in [0.717, 1.165) is 19.6 Å². The topological polar surface area (TPSA) is 35.2 Å². The lowest BCUT2D eigenvalue weighted by Gasteiger charge is -2.15. The fourth-order valence-electron chi connectivity index (χ4n) is 1.83. The maximum absolute atomic E-state index is 6.21. The lowest BCUT2D eigenvalue weighted by molar-refractivity contribution is 0.181. The van der Waals surface area contributed by atoms with Crippen LogP contribution in [0.15, 0.2) is 6.07 Å². The Labute approximate surface area is 89.1 Å². The summed E-state index contributed by atoms with van der Waals surface area (Å²) in [6.07, 6.45) is 1.11. The van der Waals surface area contributed by atoms with Gasteiger partial charge in [0.25, 0.3) is 0 Å². The highest BCUT2D eigenvalue weighted by Crippen LogP contribution is 2.32. The minimum absolute atomic E-state index is 0.176. The lowest BCUT2D eigenvalue weighted by atomic mass is 9.98. The van der Waals surface area contributed by atoms with Gasteiger partial charge in [-0.3, -0.25) is 0 Å². The van der Waals surface area contributed by atoms with E-state index < -0.39 is 0 Å². The first kappa shape index (κ1) is 10.1. The summed E-state index contributed by atoms with van der Waals surface area (Å²) in [5, 5.41) is 0. The zero-order chi connectivity index (χ0) is 10.1. The maximum Gasteiger partial charge on any atom is 0.0513 e. The zero-order valence-electron chi connectivity index (χ0n) is 8.75. The molecule has 0 saturated carbocycles. The quantitative estimate of drug-likeness (QED) is 0.815. The molecule has 0 bridgehead atoms. The van der Waals surface area contributed by atoms with Gasteiger partial charge >= 0.3 is 0 Å². The van der Waals surface area contributed by atoms with Crippen molar-refractivity contribution in [3.63, 3.8) is 0 Å². The van der Waals surface area contributed by atoms with Crippen LogP contribution in [0.4, 0.5) is 0 Å². The molecule has 78 valence electrons. The number of ether oxygens (including phenoxy) is 1. The van der Waals surface area contributed by atoms with Gasteiger partial charge in [-0.2, -0.15) is 0 Å². The van der Waals surface area contributed by atoms with Crippen molar-refractivity contribution in [2.75, 3.05) is 13.2 Å². The molecule has 1 aliphatic heterocycles. The van der Waals surface area contributed by atoms with Crippen molar-refractivity contribution in [1.29, 1.82) is 0 Å². The molecule has 2 unspecified atom stereocenters. The fraction of sp³-hybridized carbons (Fsp3) is 0.636. The van der Waals surface area contributed by atoms with E-state index in [2.05, 4.69) is 19.9 Å². The maximum atomic E-state index is 6.21. The average molecular weight is 211 g/mol. The smallest absolute Gasteiger partial charge is 0.0513 e. The van der Waals surface area contributed by atoms with E-state index in [1.807, 2.05) is 11.3 Å². The molecule has 0 amide bonds. The van der Waals surface area contributed by atoms with Crippen LogP contribution in [0.1, 0.15) is 27.8 Å². The number of nitrogens with two attached hydrogens (primary N) is 1.